The summed E-state index contributed by atoms with van der Waals surface area (Å²) >= 11 is 2.53. The van der Waals surface area contributed by atoms with Crippen molar-refractivity contribution in [2.45, 2.75) is 32.0 Å². The maximum atomic E-state index is 13.9. The lowest BCUT2D eigenvalue weighted by molar-refractivity contribution is -0.129. The number of thiophene rings is 1. The van der Waals surface area contributed by atoms with Gasteiger partial charge in [-0.3, -0.25) is 19.0 Å². The maximum absolute atomic E-state index is 13.9. The molecule has 10 heteroatoms. The minimum Gasteiger partial charge on any atom is -0.337 e. The first-order chi connectivity index (χ1) is 17.3. The third kappa shape index (κ3) is 4.66. The summed E-state index contributed by atoms with van der Waals surface area (Å²) in [5.41, 5.74) is 2.55. The Balaban J connectivity index is 1.53. The van der Waals surface area contributed by atoms with Crippen LogP contribution in [0.25, 0.3) is 15.9 Å². The van der Waals surface area contributed by atoms with Crippen LogP contribution in [-0.2, 0) is 22.6 Å². The van der Waals surface area contributed by atoms with E-state index < -0.39 is 11.7 Å². The Hall–Kier alpha value is -3.50. The zero-order valence-electron chi connectivity index (χ0n) is 19.7. The van der Waals surface area contributed by atoms with Gasteiger partial charge in [0.1, 0.15) is 10.6 Å². The molecule has 0 radical (unpaired) electrons. The Labute approximate surface area is 215 Å². The number of aryl methyl sites for hydroxylation is 1. The van der Waals surface area contributed by atoms with Crippen LogP contribution < -0.4 is 10.9 Å². The van der Waals surface area contributed by atoms with E-state index in [1.165, 1.54) is 28.0 Å². The van der Waals surface area contributed by atoms with Crippen LogP contribution in [0.3, 0.4) is 0 Å². The molecule has 0 fully saturated rings. The molecule has 4 aromatic rings. The van der Waals surface area contributed by atoms with E-state index in [2.05, 4.69) is 5.32 Å². The van der Waals surface area contributed by atoms with Crippen molar-refractivity contribution >= 4 is 50.8 Å². The number of carbonyl (C=O) groups is 2. The van der Waals surface area contributed by atoms with Crippen LogP contribution in [0.4, 0.5) is 10.1 Å². The monoisotopic (exact) mass is 522 g/mol. The highest BCUT2D eigenvalue weighted by molar-refractivity contribution is 7.99. The van der Waals surface area contributed by atoms with Gasteiger partial charge in [-0.05, 0) is 43.2 Å². The number of benzene rings is 2. The van der Waals surface area contributed by atoms with Crippen LogP contribution in [0.15, 0.2) is 58.5 Å². The predicted molar refractivity (Wildman–Crippen MR) is 141 cm³/mol. The average Bonchev–Trinajstić information content (AvgIpc) is 3.23. The Bertz CT molecular complexity index is 1550. The summed E-state index contributed by atoms with van der Waals surface area (Å²) < 4.78 is 15.5. The summed E-state index contributed by atoms with van der Waals surface area (Å²) in [6.07, 6.45) is 0.595. The molecule has 36 heavy (non-hydrogen) atoms. The summed E-state index contributed by atoms with van der Waals surface area (Å²) in [5, 5.41) is 3.51. The van der Waals surface area contributed by atoms with Crippen molar-refractivity contribution in [1.82, 2.24) is 14.5 Å². The number of nitrogens with zero attached hydrogens (tertiary/aromatic N) is 3. The van der Waals surface area contributed by atoms with Gasteiger partial charge in [0, 0.05) is 18.3 Å². The van der Waals surface area contributed by atoms with Crippen LogP contribution in [0.5, 0.6) is 0 Å². The molecular formula is C26H23FN4O3S2. The van der Waals surface area contributed by atoms with Crippen LogP contribution >= 0.6 is 23.1 Å². The van der Waals surface area contributed by atoms with Gasteiger partial charge in [-0.1, -0.05) is 41.6 Å². The minimum absolute atomic E-state index is 0.000224. The first-order valence-corrected chi connectivity index (χ1v) is 13.2. The molecule has 0 bridgehead atoms. The first kappa shape index (κ1) is 24.2. The van der Waals surface area contributed by atoms with Gasteiger partial charge in [-0.25, -0.2) is 9.37 Å². The number of rotatable bonds is 5. The zero-order valence-corrected chi connectivity index (χ0v) is 21.3. The van der Waals surface area contributed by atoms with Gasteiger partial charge in [0.2, 0.25) is 11.8 Å². The second-order valence-corrected chi connectivity index (χ2v) is 10.6. The molecule has 0 atom stereocenters. The molecule has 0 aliphatic carbocycles. The fraction of sp³-hybridized carbons (Fsp3) is 0.231. The van der Waals surface area contributed by atoms with E-state index >= 15 is 0 Å². The van der Waals surface area contributed by atoms with Crippen molar-refractivity contribution in [3.05, 3.63) is 80.7 Å². The van der Waals surface area contributed by atoms with Gasteiger partial charge >= 0.3 is 0 Å². The number of thioether (sulfide) groups is 1. The Morgan fingerprint density at radius 1 is 1.17 bits per heavy atom. The quantitative estimate of drug-likeness (QED) is 0.308. The van der Waals surface area contributed by atoms with Gasteiger partial charge in [-0.15, -0.1) is 11.3 Å². The van der Waals surface area contributed by atoms with Crippen molar-refractivity contribution in [2.75, 3.05) is 17.6 Å². The van der Waals surface area contributed by atoms with E-state index in [1.54, 1.807) is 24.0 Å². The molecule has 2 aromatic carbocycles. The van der Waals surface area contributed by atoms with Gasteiger partial charge in [-0.2, -0.15) is 0 Å². The van der Waals surface area contributed by atoms with Crippen molar-refractivity contribution < 1.29 is 14.0 Å². The first-order valence-electron chi connectivity index (χ1n) is 11.4. The number of hydrogen-bond acceptors (Lipinski definition) is 6. The molecule has 1 N–H and O–H groups in total. The van der Waals surface area contributed by atoms with E-state index in [-0.39, 0.29) is 22.9 Å². The fourth-order valence-electron chi connectivity index (χ4n) is 4.19. The topological polar surface area (TPSA) is 84.3 Å². The normalized spacial score (nSPS) is 13.0. The molecular weight excluding hydrogens is 499 g/mol. The van der Waals surface area contributed by atoms with Crippen LogP contribution in [0.1, 0.15) is 22.9 Å². The second kappa shape index (κ2) is 9.87. The van der Waals surface area contributed by atoms with Gasteiger partial charge in [0.15, 0.2) is 5.16 Å². The lowest BCUT2D eigenvalue weighted by Crippen LogP contribution is -2.34. The van der Waals surface area contributed by atoms with E-state index in [4.69, 9.17) is 4.98 Å². The number of aromatic nitrogens is 2. The average molecular weight is 523 g/mol. The summed E-state index contributed by atoms with van der Waals surface area (Å²) in [6, 6.07) is 13.5. The summed E-state index contributed by atoms with van der Waals surface area (Å²) in [6.45, 7) is 4.53. The number of hydrogen-bond donors (Lipinski definition) is 1. The lowest BCUT2D eigenvalue weighted by atomic mass is 10.1. The molecule has 0 unspecified atom stereocenters. The molecule has 5 rings (SSSR count). The molecule has 3 heterocycles. The van der Waals surface area contributed by atoms with Crippen molar-refractivity contribution in [3.8, 4) is 5.69 Å². The molecule has 184 valence electrons. The Morgan fingerprint density at radius 2 is 1.92 bits per heavy atom. The number of anilines is 1. The number of halogens is 1. The van der Waals surface area contributed by atoms with Crippen LogP contribution in [-0.4, -0.2) is 38.6 Å². The highest BCUT2D eigenvalue weighted by Gasteiger charge is 2.26. The summed E-state index contributed by atoms with van der Waals surface area (Å²) in [5.74, 6) is -0.977. The van der Waals surface area contributed by atoms with Crippen molar-refractivity contribution in [2.24, 2.45) is 0 Å². The molecule has 2 aromatic heterocycles. The standard InChI is InChI=1S/C26H23FN4O3S2/c1-15-7-9-17(10-8-15)31-25(34)23-18-11-12-30(16(2)32)13-21(18)36-24(23)29-26(31)35-14-22(33)28-20-6-4-3-5-19(20)27/h3-10H,11-14H2,1-2H3,(H,28,33). The Kier molecular flexibility index (Phi) is 6.63. The Morgan fingerprint density at radius 3 is 2.64 bits per heavy atom. The number of carbonyl (C=O) groups excluding carboxylic acids is 2. The number of fused-ring (bicyclic) bond motifs is 3. The van der Waals surface area contributed by atoms with Gasteiger partial charge in [0.25, 0.3) is 5.56 Å². The largest absolute Gasteiger partial charge is 0.337 e. The lowest BCUT2D eigenvalue weighted by Gasteiger charge is -2.25. The van der Waals surface area contributed by atoms with Crippen molar-refractivity contribution in [1.29, 1.82) is 0 Å². The van der Waals surface area contributed by atoms with Crippen molar-refractivity contribution in [3.63, 3.8) is 0 Å². The van der Waals surface area contributed by atoms with Gasteiger partial charge < -0.3 is 10.2 Å². The highest BCUT2D eigenvalue weighted by atomic mass is 32.2. The fourth-order valence-corrected chi connectivity index (χ4v) is 6.28. The SMILES string of the molecule is CC(=O)N1CCc2c(sc3nc(SCC(=O)Nc4ccccc4F)n(-c4ccc(C)cc4)c(=O)c23)C1. The second-order valence-electron chi connectivity index (χ2n) is 8.56. The van der Waals surface area contributed by atoms with Crippen LogP contribution in [0, 0.1) is 12.7 Å². The zero-order chi connectivity index (χ0) is 25.4. The molecule has 0 spiro atoms. The molecule has 1 aliphatic rings. The van der Waals surface area contributed by atoms with E-state index in [0.717, 1.165) is 27.8 Å². The number of nitrogens with one attached hydrogen (secondary N) is 1. The minimum atomic E-state index is -0.518. The molecule has 0 saturated heterocycles. The van der Waals surface area contributed by atoms with E-state index in [1.807, 2.05) is 31.2 Å². The molecule has 2 amide bonds. The number of amides is 2. The summed E-state index contributed by atoms with van der Waals surface area (Å²) in [7, 11) is 0. The third-order valence-electron chi connectivity index (χ3n) is 6.06. The molecule has 7 nitrogen and oxygen atoms in total. The summed E-state index contributed by atoms with van der Waals surface area (Å²) in [4.78, 5) is 46.4. The predicted octanol–water partition coefficient (Wildman–Crippen LogP) is 4.53. The maximum Gasteiger partial charge on any atom is 0.267 e. The molecule has 1 aliphatic heterocycles. The molecule has 0 saturated carbocycles. The third-order valence-corrected chi connectivity index (χ3v) is 8.11. The smallest absolute Gasteiger partial charge is 0.267 e. The van der Waals surface area contributed by atoms with Crippen LogP contribution in [0.2, 0.25) is 0 Å². The van der Waals surface area contributed by atoms with E-state index in [9.17, 15) is 18.8 Å². The van der Waals surface area contributed by atoms with E-state index in [0.29, 0.717) is 40.6 Å². The highest BCUT2D eigenvalue weighted by Crippen LogP contribution is 2.34. The van der Waals surface area contributed by atoms with Gasteiger partial charge in [0.05, 0.1) is 29.1 Å². The number of para-hydroxylation sites is 1.